The van der Waals surface area contributed by atoms with Crippen molar-refractivity contribution in [1.29, 1.82) is 0 Å². The smallest absolute Gasteiger partial charge is 0.416 e. The number of hydrogen-bond donors (Lipinski definition) is 1. The topological polar surface area (TPSA) is 39.2 Å². The quantitative estimate of drug-likeness (QED) is 0.893. The summed E-state index contributed by atoms with van der Waals surface area (Å²) in [6, 6.07) is 5.78. The van der Waals surface area contributed by atoms with Crippen LogP contribution in [-0.2, 0) is 12.6 Å². The Morgan fingerprint density at radius 3 is 2.52 bits per heavy atom. The third-order valence-corrected chi connectivity index (χ3v) is 4.10. The highest BCUT2D eigenvalue weighted by molar-refractivity contribution is 7.99. The number of alkyl halides is 3. The molecule has 0 aliphatic heterocycles. The third kappa shape index (κ3) is 4.04. The minimum absolute atomic E-state index is 0.199. The predicted molar refractivity (Wildman–Crippen MR) is 76.4 cm³/mol. The van der Waals surface area contributed by atoms with Gasteiger partial charge in [0.25, 0.3) is 0 Å². The number of aryl methyl sites for hydroxylation is 1. The van der Waals surface area contributed by atoms with Crippen LogP contribution in [0.25, 0.3) is 0 Å². The molecule has 0 spiro atoms. The molecule has 1 atom stereocenters. The van der Waals surface area contributed by atoms with Gasteiger partial charge in [0.15, 0.2) is 0 Å². The average Bonchev–Trinajstić information content (AvgIpc) is 2.75. The Morgan fingerprint density at radius 2 is 2.00 bits per heavy atom. The van der Waals surface area contributed by atoms with E-state index in [1.807, 2.05) is 0 Å². The van der Waals surface area contributed by atoms with Crippen LogP contribution in [0.1, 0.15) is 23.8 Å². The van der Waals surface area contributed by atoms with E-state index in [1.54, 1.807) is 26.0 Å². The molecule has 0 fully saturated rings. The lowest BCUT2D eigenvalue weighted by molar-refractivity contribution is -0.138. The largest absolute Gasteiger partial charge is 0.468 e. The van der Waals surface area contributed by atoms with Crippen molar-refractivity contribution in [1.82, 2.24) is 0 Å². The highest BCUT2D eigenvalue weighted by Gasteiger charge is 2.33. The van der Waals surface area contributed by atoms with E-state index < -0.39 is 11.7 Å². The van der Waals surface area contributed by atoms with Gasteiger partial charge in [-0.25, -0.2) is 0 Å². The van der Waals surface area contributed by atoms with Crippen LogP contribution in [-0.4, -0.2) is 6.04 Å². The standard InChI is InChI=1S/C15H16F3NOS/c1-9(19)7-11-3-4-12(8-13(11)15(16,17)18)21-14-5-6-20-10(14)2/h3-6,8-9H,7,19H2,1-2H3. The zero-order valence-corrected chi connectivity index (χ0v) is 12.5. The molecular weight excluding hydrogens is 299 g/mol. The molecule has 2 nitrogen and oxygen atoms in total. The van der Waals surface area contributed by atoms with E-state index in [0.29, 0.717) is 10.7 Å². The fraction of sp³-hybridized carbons (Fsp3) is 0.333. The molecule has 0 aliphatic rings. The van der Waals surface area contributed by atoms with Crippen LogP contribution in [0.15, 0.2) is 44.7 Å². The zero-order valence-electron chi connectivity index (χ0n) is 11.7. The van der Waals surface area contributed by atoms with Gasteiger partial charge in [-0.05, 0) is 44.0 Å². The SMILES string of the molecule is Cc1occc1Sc1ccc(CC(C)N)c(C(F)(F)F)c1. The number of halogens is 3. The van der Waals surface area contributed by atoms with Gasteiger partial charge in [0.05, 0.1) is 16.7 Å². The summed E-state index contributed by atoms with van der Waals surface area (Å²) in [4.78, 5) is 1.34. The van der Waals surface area contributed by atoms with Gasteiger partial charge >= 0.3 is 6.18 Å². The maximum Gasteiger partial charge on any atom is 0.416 e. The minimum atomic E-state index is -4.38. The first-order valence-corrected chi connectivity index (χ1v) is 7.26. The molecule has 21 heavy (non-hydrogen) atoms. The van der Waals surface area contributed by atoms with Gasteiger partial charge < -0.3 is 10.2 Å². The summed E-state index contributed by atoms with van der Waals surface area (Å²) in [6.07, 6.45) is -2.66. The molecule has 0 saturated heterocycles. The fourth-order valence-electron chi connectivity index (χ4n) is 2.01. The first kappa shape index (κ1) is 16.0. The van der Waals surface area contributed by atoms with Gasteiger partial charge in [-0.15, -0.1) is 0 Å². The maximum atomic E-state index is 13.2. The van der Waals surface area contributed by atoms with Crippen LogP contribution >= 0.6 is 11.8 Å². The van der Waals surface area contributed by atoms with Gasteiger partial charge in [-0.2, -0.15) is 13.2 Å². The van der Waals surface area contributed by atoms with Gasteiger partial charge in [0.2, 0.25) is 0 Å². The van der Waals surface area contributed by atoms with Crippen molar-refractivity contribution in [2.75, 3.05) is 0 Å². The molecule has 2 N–H and O–H groups in total. The molecule has 0 radical (unpaired) electrons. The summed E-state index contributed by atoms with van der Waals surface area (Å²) in [7, 11) is 0. The molecule has 2 rings (SSSR count). The van der Waals surface area contributed by atoms with E-state index in [4.69, 9.17) is 10.2 Å². The molecule has 0 aliphatic carbocycles. The predicted octanol–water partition coefficient (Wildman–Crippen LogP) is 4.65. The van der Waals surface area contributed by atoms with Crippen molar-refractivity contribution in [3.63, 3.8) is 0 Å². The molecule has 0 saturated carbocycles. The number of benzene rings is 1. The molecule has 114 valence electrons. The maximum absolute atomic E-state index is 13.2. The molecule has 1 unspecified atom stereocenters. The lowest BCUT2D eigenvalue weighted by Gasteiger charge is -2.15. The summed E-state index contributed by atoms with van der Waals surface area (Å²) in [5.74, 6) is 0.688. The monoisotopic (exact) mass is 315 g/mol. The van der Waals surface area contributed by atoms with Gasteiger partial charge in [-0.1, -0.05) is 17.8 Å². The number of hydrogen-bond acceptors (Lipinski definition) is 3. The van der Waals surface area contributed by atoms with Gasteiger partial charge in [0.1, 0.15) is 5.76 Å². The van der Waals surface area contributed by atoms with E-state index >= 15 is 0 Å². The Bertz CT molecular complexity index is 620. The molecule has 6 heteroatoms. The first-order valence-electron chi connectivity index (χ1n) is 6.45. The number of rotatable bonds is 4. The Balaban J connectivity index is 2.35. The fourth-order valence-corrected chi connectivity index (χ4v) is 2.90. The first-order chi connectivity index (χ1) is 9.77. The lowest BCUT2D eigenvalue weighted by atomic mass is 10.0. The summed E-state index contributed by atoms with van der Waals surface area (Å²) in [5.41, 5.74) is 5.23. The second-order valence-corrected chi connectivity index (χ2v) is 6.06. The minimum Gasteiger partial charge on any atom is -0.468 e. The highest BCUT2D eigenvalue weighted by atomic mass is 32.2. The average molecular weight is 315 g/mol. The van der Waals surface area contributed by atoms with Crippen molar-refractivity contribution in [3.8, 4) is 0 Å². The van der Waals surface area contributed by atoms with Crippen LogP contribution in [0.5, 0.6) is 0 Å². The van der Waals surface area contributed by atoms with Crippen LogP contribution in [0.4, 0.5) is 13.2 Å². The molecule has 1 heterocycles. The van der Waals surface area contributed by atoms with Crippen molar-refractivity contribution < 1.29 is 17.6 Å². The second kappa shape index (κ2) is 6.15. The lowest BCUT2D eigenvalue weighted by Crippen LogP contribution is -2.20. The van der Waals surface area contributed by atoms with Crippen LogP contribution in [0.3, 0.4) is 0 Å². The molecule has 0 bridgehead atoms. The molecular formula is C15H16F3NOS. The Kier molecular flexibility index (Phi) is 4.68. The van der Waals surface area contributed by atoms with Crippen molar-refractivity contribution in [3.05, 3.63) is 47.4 Å². The van der Waals surface area contributed by atoms with E-state index in [2.05, 4.69) is 0 Å². The van der Waals surface area contributed by atoms with Crippen molar-refractivity contribution in [2.45, 2.75) is 42.3 Å². The normalized spacial score (nSPS) is 13.4. The van der Waals surface area contributed by atoms with Crippen molar-refractivity contribution in [2.24, 2.45) is 5.73 Å². The summed E-state index contributed by atoms with van der Waals surface area (Å²) < 4.78 is 44.7. The molecule has 0 amide bonds. The molecule has 1 aromatic heterocycles. The van der Waals surface area contributed by atoms with E-state index in [0.717, 1.165) is 4.90 Å². The van der Waals surface area contributed by atoms with E-state index in [9.17, 15) is 13.2 Å². The van der Waals surface area contributed by atoms with E-state index in [-0.39, 0.29) is 18.0 Å². The van der Waals surface area contributed by atoms with Gasteiger partial charge in [-0.3, -0.25) is 0 Å². The second-order valence-electron chi connectivity index (χ2n) is 4.94. The van der Waals surface area contributed by atoms with Crippen LogP contribution < -0.4 is 5.73 Å². The van der Waals surface area contributed by atoms with E-state index in [1.165, 1.54) is 30.2 Å². The number of furan rings is 1. The van der Waals surface area contributed by atoms with Crippen LogP contribution in [0.2, 0.25) is 0 Å². The van der Waals surface area contributed by atoms with Gasteiger partial charge in [0, 0.05) is 10.9 Å². The Morgan fingerprint density at radius 1 is 1.29 bits per heavy atom. The summed E-state index contributed by atoms with van der Waals surface area (Å²) in [6.45, 7) is 3.47. The third-order valence-electron chi connectivity index (χ3n) is 2.97. The highest BCUT2D eigenvalue weighted by Crippen LogP contribution is 2.38. The molecule has 1 aromatic carbocycles. The Labute approximate surface area is 125 Å². The summed E-state index contributed by atoms with van der Waals surface area (Å²) in [5, 5.41) is 0. The molecule has 2 aromatic rings. The van der Waals surface area contributed by atoms with Crippen molar-refractivity contribution >= 4 is 11.8 Å². The summed E-state index contributed by atoms with van der Waals surface area (Å²) >= 11 is 1.25. The Hall–Kier alpha value is -1.40. The number of nitrogens with two attached hydrogens (primary N) is 1. The zero-order chi connectivity index (χ0) is 15.6. The van der Waals surface area contributed by atoms with Crippen LogP contribution in [0, 0.1) is 6.92 Å².